The van der Waals surface area contributed by atoms with Crippen LogP contribution >= 0.6 is 23.8 Å². The van der Waals surface area contributed by atoms with E-state index in [4.69, 9.17) is 23.8 Å². The molecule has 1 saturated heterocycles. The topological polar surface area (TPSA) is 54.3 Å². The number of amides is 2. The fourth-order valence-corrected chi connectivity index (χ4v) is 4.22. The van der Waals surface area contributed by atoms with Crippen LogP contribution < -0.4 is 10.2 Å². The lowest BCUT2D eigenvalue weighted by Crippen LogP contribution is -2.54. The number of para-hydroxylation sites is 1. The van der Waals surface area contributed by atoms with E-state index >= 15 is 0 Å². The zero-order valence-electron chi connectivity index (χ0n) is 17.1. The van der Waals surface area contributed by atoms with Crippen molar-refractivity contribution >= 4 is 63.4 Å². The van der Waals surface area contributed by atoms with Gasteiger partial charge in [0.15, 0.2) is 5.11 Å². The van der Waals surface area contributed by atoms with Crippen molar-refractivity contribution < 1.29 is 9.59 Å². The van der Waals surface area contributed by atoms with Crippen LogP contribution in [0, 0.1) is 13.8 Å². The van der Waals surface area contributed by atoms with Crippen LogP contribution in [0.1, 0.15) is 16.8 Å². The van der Waals surface area contributed by atoms with Gasteiger partial charge in [-0.2, -0.15) is 0 Å². The van der Waals surface area contributed by atoms with E-state index in [1.54, 1.807) is 24.3 Å². The van der Waals surface area contributed by atoms with Gasteiger partial charge in [0.05, 0.1) is 5.69 Å². The van der Waals surface area contributed by atoms with E-state index in [2.05, 4.69) is 16.5 Å². The van der Waals surface area contributed by atoms with Crippen molar-refractivity contribution in [1.82, 2.24) is 9.88 Å². The van der Waals surface area contributed by atoms with E-state index in [0.717, 1.165) is 27.7 Å². The SMILES string of the molecule is C=CCn1c(C)c(/C=C2\C(=O)NC(=S)N(c3ccc(C)c(Cl)c3)C2=O)c2ccccc21. The molecule has 0 aliphatic carbocycles. The largest absolute Gasteiger partial charge is 0.340 e. The van der Waals surface area contributed by atoms with Crippen LogP contribution in [0.4, 0.5) is 5.69 Å². The normalized spacial score (nSPS) is 15.6. The third-order valence-corrected chi connectivity index (χ3v) is 6.09. The van der Waals surface area contributed by atoms with Gasteiger partial charge in [-0.1, -0.05) is 41.9 Å². The number of aryl methyl sites for hydroxylation is 1. The zero-order chi connectivity index (χ0) is 22.3. The first-order valence-electron chi connectivity index (χ1n) is 9.69. The Labute approximate surface area is 190 Å². The summed E-state index contributed by atoms with van der Waals surface area (Å²) in [6.45, 7) is 8.28. The molecule has 0 unspecified atom stereocenters. The third kappa shape index (κ3) is 3.58. The van der Waals surface area contributed by atoms with Gasteiger partial charge in [-0.3, -0.25) is 19.8 Å². The van der Waals surface area contributed by atoms with E-state index in [-0.39, 0.29) is 10.7 Å². The second kappa shape index (κ2) is 8.13. The summed E-state index contributed by atoms with van der Waals surface area (Å²) in [5, 5.41) is 4.12. The highest BCUT2D eigenvalue weighted by molar-refractivity contribution is 7.80. The Kier molecular flexibility index (Phi) is 5.52. The van der Waals surface area contributed by atoms with Crippen LogP contribution in [0.3, 0.4) is 0 Å². The molecule has 156 valence electrons. The van der Waals surface area contributed by atoms with Gasteiger partial charge >= 0.3 is 0 Å². The van der Waals surface area contributed by atoms with E-state index in [1.807, 2.05) is 44.2 Å². The van der Waals surface area contributed by atoms with Gasteiger partial charge in [-0.05, 0) is 55.9 Å². The van der Waals surface area contributed by atoms with Gasteiger partial charge in [-0.15, -0.1) is 6.58 Å². The summed E-state index contributed by atoms with van der Waals surface area (Å²) in [5.41, 5.74) is 4.15. The summed E-state index contributed by atoms with van der Waals surface area (Å²) in [4.78, 5) is 27.4. The van der Waals surface area contributed by atoms with Crippen LogP contribution in [0.15, 0.2) is 60.7 Å². The van der Waals surface area contributed by atoms with Crippen LogP contribution in [0.25, 0.3) is 17.0 Å². The van der Waals surface area contributed by atoms with Crippen molar-refractivity contribution in [3.8, 4) is 0 Å². The van der Waals surface area contributed by atoms with Crippen LogP contribution in [0.5, 0.6) is 0 Å². The standard InChI is InChI=1S/C24H20ClN3O2S/c1-4-11-27-15(3)18(17-7-5-6-8-21(17)27)13-19-22(29)26-24(31)28(23(19)30)16-10-9-14(2)20(25)12-16/h4-10,12-13H,1,11H2,2-3H3,(H,26,29,31)/b19-13+. The maximum Gasteiger partial charge on any atom is 0.270 e. The maximum atomic E-state index is 13.4. The first-order chi connectivity index (χ1) is 14.8. The molecule has 4 rings (SSSR count). The number of fused-ring (bicyclic) bond motifs is 1. The Morgan fingerprint density at radius 1 is 1.16 bits per heavy atom. The molecule has 5 nitrogen and oxygen atoms in total. The van der Waals surface area contributed by atoms with Gasteiger partial charge in [0.1, 0.15) is 5.57 Å². The highest BCUT2D eigenvalue weighted by Crippen LogP contribution is 2.30. The minimum absolute atomic E-state index is 0.00917. The molecule has 2 aromatic carbocycles. The van der Waals surface area contributed by atoms with Gasteiger partial charge in [0, 0.05) is 33.7 Å². The number of allylic oxidation sites excluding steroid dienone is 1. The Morgan fingerprint density at radius 3 is 2.61 bits per heavy atom. The summed E-state index contributed by atoms with van der Waals surface area (Å²) >= 11 is 11.5. The summed E-state index contributed by atoms with van der Waals surface area (Å²) in [7, 11) is 0. The van der Waals surface area contributed by atoms with Crippen LogP contribution in [-0.4, -0.2) is 21.5 Å². The highest BCUT2D eigenvalue weighted by Gasteiger charge is 2.35. The summed E-state index contributed by atoms with van der Waals surface area (Å²) in [6.07, 6.45) is 3.45. The molecule has 2 amide bonds. The predicted molar refractivity (Wildman–Crippen MR) is 129 cm³/mol. The average molecular weight is 450 g/mol. The van der Waals surface area contributed by atoms with Gasteiger partial charge < -0.3 is 4.57 Å². The molecule has 1 aliphatic rings. The van der Waals surface area contributed by atoms with Gasteiger partial charge in [0.2, 0.25) is 0 Å². The lowest BCUT2D eigenvalue weighted by Gasteiger charge is -2.29. The van der Waals surface area contributed by atoms with Crippen molar-refractivity contribution in [1.29, 1.82) is 0 Å². The number of carbonyl (C=O) groups excluding carboxylic acids is 2. The molecule has 0 saturated carbocycles. The number of nitrogens with zero attached hydrogens (tertiary/aromatic N) is 2. The number of hydrogen-bond donors (Lipinski definition) is 1. The minimum atomic E-state index is -0.524. The summed E-state index contributed by atoms with van der Waals surface area (Å²) < 4.78 is 2.10. The minimum Gasteiger partial charge on any atom is -0.340 e. The molecule has 0 spiro atoms. The molecule has 0 atom stereocenters. The zero-order valence-corrected chi connectivity index (χ0v) is 18.7. The number of carbonyl (C=O) groups is 2. The van der Waals surface area contributed by atoms with Crippen molar-refractivity contribution in [2.75, 3.05) is 4.90 Å². The molecular formula is C24H20ClN3O2S. The first kappa shape index (κ1) is 21.0. The smallest absolute Gasteiger partial charge is 0.270 e. The number of nitrogens with one attached hydrogen (secondary N) is 1. The van der Waals surface area contributed by atoms with Crippen molar-refractivity contribution in [3.05, 3.63) is 82.5 Å². The molecule has 0 bridgehead atoms. The van der Waals surface area contributed by atoms with Crippen molar-refractivity contribution in [2.45, 2.75) is 20.4 Å². The molecule has 1 aliphatic heterocycles. The number of benzene rings is 2. The van der Waals surface area contributed by atoms with Crippen molar-refractivity contribution in [3.63, 3.8) is 0 Å². The number of thiocarbonyl (C=S) groups is 1. The Bertz CT molecular complexity index is 1310. The number of hydrogen-bond acceptors (Lipinski definition) is 3. The van der Waals surface area contributed by atoms with E-state index in [9.17, 15) is 9.59 Å². The lowest BCUT2D eigenvalue weighted by molar-refractivity contribution is -0.122. The second-order valence-electron chi connectivity index (χ2n) is 7.31. The van der Waals surface area contributed by atoms with E-state index < -0.39 is 11.8 Å². The maximum absolute atomic E-state index is 13.4. The third-order valence-electron chi connectivity index (χ3n) is 5.40. The molecule has 1 N–H and O–H groups in total. The fraction of sp³-hybridized carbons (Fsp3) is 0.125. The van der Waals surface area contributed by atoms with E-state index in [0.29, 0.717) is 17.3 Å². The van der Waals surface area contributed by atoms with Crippen molar-refractivity contribution in [2.24, 2.45) is 0 Å². The molecule has 7 heteroatoms. The van der Waals surface area contributed by atoms with Gasteiger partial charge in [0.25, 0.3) is 11.8 Å². The molecule has 2 heterocycles. The quantitative estimate of drug-likeness (QED) is 0.266. The molecule has 3 aromatic rings. The first-order valence-corrected chi connectivity index (χ1v) is 10.5. The Morgan fingerprint density at radius 2 is 1.90 bits per heavy atom. The molecular weight excluding hydrogens is 430 g/mol. The second-order valence-corrected chi connectivity index (χ2v) is 8.10. The monoisotopic (exact) mass is 449 g/mol. The fourth-order valence-electron chi connectivity index (χ4n) is 3.76. The number of anilines is 1. The Hall–Kier alpha value is -3.22. The molecule has 0 radical (unpaired) electrons. The van der Waals surface area contributed by atoms with Crippen LogP contribution in [0.2, 0.25) is 5.02 Å². The van der Waals surface area contributed by atoms with Gasteiger partial charge in [-0.25, -0.2) is 0 Å². The number of halogens is 1. The number of rotatable bonds is 4. The number of aromatic nitrogens is 1. The average Bonchev–Trinajstić information content (AvgIpc) is 2.99. The Balaban J connectivity index is 1.86. The summed E-state index contributed by atoms with van der Waals surface area (Å²) in [5.74, 6) is -1.02. The van der Waals surface area contributed by atoms with Crippen LogP contribution in [-0.2, 0) is 16.1 Å². The molecule has 31 heavy (non-hydrogen) atoms. The highest BCUT2D eigenvalue weighted by atomic mass is 35.5. The molecule has 1 fully saturated rings. The lowest BCUT2D eigenvalue weighted by atomic mass is 10.0. The van der Waals surface area contributed by atoms with E-state index in [1.165, 1.54) is 4.90 Å². The predicted octanol–water partition coefficient (Wildman–Crippen LogP) is 4.93. The molecule has 1 aromatic heterocycles. The summed E-state index contributed by atoms with van der Waals surface area (Å²) in [6, 6.07) is 13.1.